The van der Waals surface area contributed by atoms with Crippen LogP contribution in [0.3, 0.4) is 0 Å². The van der Waals surface area contributed by atoms with Gasteiger partial charge in [-0.05, 0) is 13.3 Å². The van der Waals surface area contributed by atoms with Crippen LogP contribution in [0.1, 0.15) is 59.8 Å². The average molecular weight is 325 g/mol. The zero-order valence-corrected chi connectivity index (χ0v) is 15.7. The van der Waals surface area contributed by atoms with Crippen LogP contribution >= 0.6 is 0 Å². The third-order valence-electron chi connectivity index (χ3n) is 4.70. The number of carbonyl (C=O) groups is 1. The molecular weight excluding hydrogens is 290 g/mol. The highest BCUT2D eigenvalue weighted by Gasteiger charge is 2.33. The third kappa shape index (κ3) is 6.27. The Morgan fingerprint density at radius 3 is 2.43 bits per heavy atom. The van der Waals surface area contributed by atoms with Crippen molar-refractivity contribution in [1.29, 1.82) is 0 Å². The zero-order valence-electron chi connectivity index (χ0n) is 15.7. The van der Waals surface area contributed by atoms with E-state index in [0.29, 0.717) is 13.2 Å². The number of ether oxygens (including phenoxy) is 2. The number of ketones is 1. The summed E-state index contributed by atoms with van der Waals surface area (Å²) in [7, 11) is 1.76. The molecule has 4 heteroatoms. The van der Waals surface area contributed by atoms with E-state index in [1.54, 1.807) is 7.11 Å². The maximum absolute atomic E-state index is 12.3. The molecule has 134 valence electrons. The fraction of sp³-hybridized carbons (Fsp3) is 0.842. The molecule has 1 aliphatic rings. The van der Waals surface area contributed by atoms with Crippen molar-refractivity contribution in [3.63, 3.8) is 0 Å². The van der Waals surface area contributed by atoms with Gasteiger partial charge in [0.25, 0.3) is 0 Å². The molecular formula is C19H35NO3. The Morgan fingerprint density at radius 2 is 1.91 bits per heavy atom. The molecule has 0 bridgehead atoms. The van der Waals surface area contributed by atoms with Gasteiger partial charge in [0.15, 0.2) is 5.78 Å². The summed E-state index contributed by atoms with van der Waals surface area (Å²) in [5, 5.41) is 0. The second-order valence-corrected chi connectivity index (χ2v) is 6.93. The number of methoxy groups -OCH3 is 1. The summed E-state index contributed by atoms with van der Waals surface area (Å²) in [6.07, 6.45) is 7.57. The van der Waals surface area contributed by atoms with Crippen LogP contribution in [-0.2, 0) is 14.3 Å². The van der Waals surface area contributed by atoms with Crippen molar-refractivity contribution in [2.75, 3.05) is 33.4 Å². The van der Waals surface area contributed by atoms with Gasteiger partial charge in [0, 0.05) is 37.9 Å². The van der Waals surface area contributed by atoms with Crippen LogP contribution in [-0.4, -0.2) is 49.7 Å². The molecule has 0 aromatic carbocycles. The van der Waals surface area contributed by atoms with Crippen molar-refractivity contribution in [1.82, 2.24) is 4.90 Å². The Kier molecular flexibility index (Phi) is 8.85. The van der Waals surface area contributed by atoms with Crippen molar-refractivity contribution < 1.29 is 14.3 Å². The van der Waals surface area contributed by atoms with Gasteiger partial charge in [-0.25, -0.2) is 0 Å². The molecule has 0 spiro atoms. The van der Waals surface area contributed by atoms with Crippen LogP contribution in [0.15, 0.2) is 11.8 Å². The molecule has 1 atom stereocenters. The summed E-state index contributed by atoms with van der Waals surface area (Å²) in [5.74, 6) is 0.176. The predicted molar refractivity (Wildman–Crippen MR) is 94.5 cm³/mol. The van der Waals surface area contributed by atoms with Gasteiger partial charge in [-0.3, -0.25) is 4.79 Å². The predicted octanol–water partition coefficient (Wildman–Crippen LogP) is 3.80. The number of carbonyl (C=O) groups excluding carboxylic acids is 1. The zero-order chi connectivity index (χ0) is 17.3. The molecule has 0 amide bonds. The monoisotopic (exact) mass is 325 g/mol. The maximum Gasteiger partial charge on any atom is 0.160 e. The number of unbranched alkanes of at least 4 members (excludes halogenated alkanes) is 3. The molecule has 23 heavy (non-hydrogen) atoms. The Labute approximate surface area is 142 Å². The van der Waals surface area contributed by atoms with Gasteiger partial charge < -0.3 is 14.4 Å². The highest BCUT2D eigenvalue weighted by molar-refractivity contribution is 5.92. The van der Waals surface area contributed by atoms with Gasteiger partial charge in [-0.2, -0.15) is 0 Å². The van der Waals surface area contributed by atoms with E-state index in [4.69, 9.17) is 9.47 Å². The minimum Gasteiger partial charge on any atom is -0.378 e. The van der Waals surface area contributed by atoms with Crippen molar-refractivity contribution in [3.05, 3.63) is 11.8 Å². The highest BCUT2D eigenvalue weighted by Crippen LogP contribution is 2.31. The molecule has 1 saturated heterocycles. The number of allylic oxidation sites excluding steroid dienone is 1. The topological polar surface area (TPSA) is 38.8 Å². The first-order valence-corrected chi connectivity index (χ1v) is 9.08. The van der Waals surface area contributed by atoms with Crippen molar-refractivity contribution in [2.24, 2.45) is 5.92 Å². The molecule has 0 aliphatic carbocycles. The lowest BCUT2D eigenvalue weighted by atomic mass is 9.90. The Morgan fingerprint density at radius 1 is 1.26 bits per heavy atom. The van der Waals surface area contributed by atoms with Gasteiger partial charge in [-0.15, -0.1) is 0 Å². The summed E-state index contributed by atoms with van der Waals surface area (Å²) in [5.41, 5.74) is 0.619. The number of nitrogens with zero attached hydrogens (tertiary/aromatic N) is 1. The molecule has 1 heterocycles. The average Bonchev–Trinajstić information content (AvgIpc) is 2.56. The van der Waals surface area contributed by atoms with Crippen LogP contribution in [0.25, 0.3) is 0 Å². The lowest BCUT2D eigenvalue weighted by Gasteiger charge is -2.40. The molecule has 1 unspecified atom stereocenters. The standard InChI is InChI=1S/C19H35NO3/c1-6-7-8-9-10-19(4,22-5)18(15-17(21)16(2)3)20-11-13-23-14-12-20/h15-16H,6-14H2,1-5H3/b18-15-. The SMILES string of the molecule is CCCCCCC(C)(OC)/C(=C/C(=O)C(C)C)N1CCOCC1. The van der Waals surface area contributed by atoms with E-state index in [1.165, 1.54) is 19.3 Å². The van der Waals surface area contributed by atoms with E-state index in [1.807, 2.05) is 19.9 Å². The molecule has 0 aromatic rings. The van der Waals surface area contributed by atoms with Gasteiger partial charge >= 0.3 is 0 Å². The number of hydrogen-bond acceptors (Lipinski definition) is 4. The fourth-order valence-corrected chi connectivity index (χ4v) is 2.91. The normalized spacial score (nSPS) is 19.0. The van der Waals surface area contributed by atoms with Crippen LogP contribution in [0.2, 0.25) is 0 Å². The molecule has 0 N–H and O–H groups in total. The van der Waals surface area contributed by atoms with Crippen LogP contribution in [0.5, 0.6) is 0 Å². The summed E-state index contributed by atoms with van der Waals surface area (Å²) in [6, 6.07) is 0. The van der Waals surface area contributed by atoms with E-state index >= 15 is 0 Å². The molecule has 0 saturated carbocycles. The van der Waals surface area contributed by atoms with Crippen LogP contribution in [0, 0.1) is 5.92 Å². The van der Waals surface area contributed by atoms with Gasteiger partial charge in [0.05, 0.1) is 13.2 Å². The number of morpholine rings is 1. The Hall–Kier alpha value is -0.870. The summed E-state index contributed by atoms with van der Waals surface area (Å²) in [6.45, 7) is 11.3. The fourth-order valence-electron chi connectivity index (χ4n) is 2.91. The highest BCUT2D eigenvalue weighted by atomic mass is 16.5. The first-order chi connectivity index (χ1) is 10.9. The number of hydrogen-bond donors (Lipinski definition) is 0. The molecule has 1 aliphatic heterocycles. The maximum atomic E-state index is 12.3. The van der Waals surface area contributed by atoms with Gasteiger partial charge in [-0.1, -0.05) is 46.5 Å². The van der Waals surface area contributed by atoms with Crippen LogP contribution < -0.4 is 0 Å². The Bertz CT molecular complexity index is 386. The van der Waals surface area contributed by atoms with Crippen LogP contribution in [0.4, 0.5) is 0 Å². The largest absolute Gasteiger partial charge is 0.378 e. The minimum atomic E-state index is -0.407. The van der Waals surface area contributed by atoms with E-state index in [9.17, 15) is 4.79 Å². The van der Waals surface area contributed by atoms with E-state index in [-0.39, 0.29) is 11.7 Å². The van der Waals surface area contributed by atoms with E-state index in [0.717, 1.165) is 31.6 Å². The molecule has 0 radical (unpaired) electrons. The molecule has 1 rings (SSSR count). The van der Waals surface area contributed by atoms with Crippen molar-refractivity contribution >= 4 is 5.78 Å². The molecule has 4 nitrogen and oxygen atoms in total. The lowest BCUT2D eigenvalue weighted by molar-refractivity contribution is -0.117. The lowest BCUT2D eigenvalue weighted by Crippen LogP contribution is -2.45. The van der Waals surface area contributed by atoms with Crippen molar-refractivity contribution in [3.8, 4) is 0 Å². The second kappa shape index (κ2) is 10.1. The quantitative estimate of drug-likeness (QED) is 0.452. The number of rotatable bonds is 10. The first-order valence-electron chi connectivity index (χ1n) is 9.08. The van der Waals surface area contributed by atoms with Gasteiger partial charge in [0.1, 0.15) is 5.60 Å². The smallest absolute Gasteiger partial charge is 0.160 e. The third-order valence-corrected chi connectivity index (χ3v) is 4.70. The van der Waals surface area contributed by atoms with Gasteiger partial charge in [0.2, 0.25) is 0 Å². The van der Waals surface area contributed by atoms with E-state index in [2.05, 4.69) is 18.7 Å². The second-order valence-electron chi connectivity index (χ2n) is 6.93. The first kappa shape index (κ1) is 20.2. The molecule has 1 fully saturated rings. The summed E-state index contributed by atoms with van der Waals surface area (Å²) in [4.78, 5) is 14.6. The van der Waals surface area contributed by atoms with Crippen molar-refractivity contribution in [2.45, 2.75) is 65.4 Å². The Balaban J connectivity index is 2.95. The summed E-state index contributed by atoms with van der Waals surface area (Å²) >= 11 is 0. The minimum absolute atomic E-state index is 0.00670. The van der Waals surface area contributed by atoms with E-state index < -0.39 is 5.60 Å². The molecule has 0 aromatic heterocycles. The summed E-state index contributed by atoms with van der Waals surface area (Å²) < 4.78 is 11.4.